The predicted octanol–water partition coefficient (Wildman–Crippen LogP) is 17.0. The van der Waals surface area contributed by atoms with Gasteiger partial charge in [0, 0.05) is 50.3 Å². The summed E-state index contributed by atoms with van der Waals surface area (Å²) in [4.78, 5) is 95.8. The molecule has 4 heterocycles. The second kappa shape index (κ2) is 30.0. The lowest BCUT2D eigenvalue weighted by molar-refractivity contribution is -0.125. The average molecular weight is 1410 g/mol. The van der Waals surface area contributed by atoms with E-state index in [9.17, 15) is 33.6 Å². The number of nitrogens with two attached hydrogens (primary N) is 3. The first kappa shape index (κ1) is 71.7. The molecule has 0 spiro atoms. The van der Waals surface area contributed by atoms with Crippen LogP contribution in [0.3, 0.4) is 0 Å². The molecule has 1 saturated heterocycles. The smallest absolute Gasteiger partial charge is 0.259 e. The molecule has 0 aliphatic carbocycles. The van der Waals surface area contributed by atoms with Gasteiger partial charge in [0.25, 0.3) is 35.1 Å². The van der Waals surface area contributed by atoms with E-state index >= 15 is 0 Å². The Morgan fingerprint density at radius 3 is 1.17 bits per heavy atom. The second-order valence-electron chi connectivity index (χ2n) is 28.1. The van der Waals surface area contributed by atoms with Gasteiger partial charge in [0.05, 0.1) is 75.0 Å². The van der Waals surface area contributed by atoms with Crippen molar-refractivity contribution in [2.45, 2.75) is 58.8 Å². The molecule has 9 N–H and O–H groups in total. The molecular formula is C90H80N10O7. The number of pyridine rings is 2. The molecular weight excluding hydrogens is 1330 g/mol. The van der Waals surface area contributed by atoms with Crippen LogP contribution in [0.2, 0.25) is 0 Å². The summed E-state index contributed by atoms with van der Waals surface area (Å²) in [5.74, 6) is -0.978. The van der Waals surface area contributed by atoms with Gasteiger partial charge < -0.3 is 52.1 Å². The number of nitrogens with zero attached hydrogens (tertiary/aromatic N) is 4. The van der Waals surface area contributed by atoms with Crippen LogP contribution in [0.5, 0.6) is 0 Å². The molecule has 17 nitrogen and oxygen atoms in total. The van der Waals surface area contributed by atoms with Gasteiger partial charge in [0.2, 0.25) is 0 Å². The molecule has 107 heavy (non-hydrogen) atoms. The van der Waals surface area contributed by atoms with Gasteiger partial charge in [-0.25, -0.2) is 0 Å². The van der Waals surface area contributed by atoms with E-state index in [1.807, 2.05) is 196 Å². The lowest BCUT2D eigenvalue weighted by Gasteiger charge is -2.36. The van der Waals surface area contributed by atoms with Crippen LogP contribution in [0.25, 0.3) is 60.2 Å². The molecule has 17 heteroatoms. The highest BCUT2D eigenvalue weighted by Crippen LogP contribution is 2.50. The maximum Gasteiger partial charge on any atom is 0.259 e. The van der Waals surface area contributed by atoms with E-state index in [2.05, 4.69) is 54.1 Å². The number of carbonyl (C=O) groups is 5. The zero-order chi connectivity index (χ0) is 75.4. The molecule has 2 aliphatic rings. The number of benzene rings is 11. The summed E-state index contributed by atoms with van der Waals surface area (Å²) in [6, 6.07) is 80.5. The summed E-state index contributed by atoms with van der Waals surface area (Å²) in [6.45, 7) is 22.0. The molecule has 11 aromatic carbocycles. The van der Waals surface area contributed by atoms with Crippen LogP contribution in [-0.2, 0) is 17.9 Å². The molecule has 15 rings (SSSR count). The largest absolute Gasteiger partial charge is 0.397 e. The molecule has 1 atom stereocenters. The first-order valence-electron chi connectivity index (χ1n) is 35.0. The van der Waals surface area contributed by atoms with Crippen molar-refractivity contribution in [3.63, 3.8) is 0 Å². The summed E-state index contributed by atoms with van der Waals surface area (Å²) in [7, 11) is 0. The Kier molecular flexibility index (Phi) is 20.1. The Labute approximate surface area is 619 Å². The zero-order valence-electron chi connectivity index (χ0n) is 59.8. The normalized spacial score (nSPS) is 14.0. The van der Waals surface area contributed by atoms with Crippen LogP contribution >= 0.6 is 0 Å². The monoisotopic (exact) mass is 1410 g/mol. The van der Waals surface area contributed by atoms with Gasteiger partial charge >= 0.3 is 0 Å². The number of rotatable bonds is 15. The maximum absolute atomic E-state index is 14.2. The Hall–Kier alpha value is -13.7. The van der Waals surface area contributed by atoms with E-state index < -0.39 is 17.0 Å². The van der Waals surface area contributed by atoms with Crippen molar-refractivity contribution in [2.75, 3.05) is 44.6 Å². The van der Waals surface area contributed by atoms with Crippen LogP contribution in [0, 0.1) is 5.41 Å². The number of para-hydroxylation sites is 10. The highest BCUT2D eigenvalue weighted by Gasteiger charge is 2.58. The van der Waals surface area contributed by atoms with Crippen molar-refractivity contribution in [3.8, 4) is 0 Å². The molecule has 0 bridgehead atoms. The van der Waals surface area contributed by atoms with E-state index in [1.54, 1.807) is 99.3 Å². The van der Waals surface area contributed by atoms with Crippen molar-refractivity contribution in [1.29, 1.82) is 0 Å². The molecule has 532 valence electrons. The predicted molar refractivity (Wildman–Crippen MR) is 436 cm³/mol. The third kappa shape index (κ3) is 14.7. The number of nitrogens with one attached hydrogen (secondary N) is 3. The SMILES string of the molecule is C=C(CN1C(=O)[C@H]2N(C(=O)c3ccccc31)C(C)(C)CC2(C)C)c1ccc(C(=O)Nc2ccccc2N)cc1.C=C(Cn1c(=O)c2ccccc2c2ccccc21)c1ccc(C(=O)Nc2ccccc2N)cc1.C=C(Cn1c2ccccc2c(=O)c2ccccc21)c1ccc(C(=O)Nc2ccccc2N)cc1. The molecule has 0 saturated carbocycles. The Bertz CT molecular complexity index is 5780. The van der Waals surface area contributed by atoms with E-state index in [0.717, 1.165) is 61.6 Å². The quantitative estimate of drug-likeness (QED) is 0.0322. The van der Waals surface area contributed by atoms with E-state index in [0.29, 0.717) is 96.9 Å². The first-order valence-corrected chi connectivity index (χ1v) is 35.0. The second-order valence-corrected chi connectivity index (χ2v) is 28.1. The van der Waals surface area contributed by atoms with Crippen LogP contribution < -0.4 is 49.0 Å². The van der Waals surface area contributed by atoms with Crippen LogP contribution in [0.15, 0.2) is 296 Å². The van der Waals surface area contributed by atoms with Gasteiger partial charge in [-0.05, 0) is 186 Å². The summed E-state index contributed by atoms with van der Waals surface area (Å²) in [5, 5.41) is 12.5. The number of amides is 5. The van der Waals surface area contributed by atoms with Gasteiger partial charge in [-0.1, -0.05) is 179 Å². The van der Waals surface area contributed by atoms with E-state index in [1.165, 1.54) is 0 Å². The number of anilines is 7. The number of fused-ring (bicyclic) bond motifs is 7. The minimum absolute atomic E-state index is 0.0301. The number of nitrogen functional groups attached to an aromatic ring is 3. The minimum Gasteiger partial charge on any atom is -0.397 e. The van der Waals surface area contributed by atoms with Crippen molar-refractivity contribution >= 4 is 130 Å². The molecule has 0 radical (unpaired) electrons. The summed E-state index contributed by atoms with van der Waals surface area (Å²) >= 11 is 0. The minimum atomic E-state index is -0.586. The fourth-order valence-corrected chi connectivity index (χ4v) is 14.6. The van der Waals surface area contributed by atoms with E-state index in [4.69, 9.17) is 17.2 Å². The average Bonchev–Trinajstić information content (AvgIpc) is 1.57. The molecule has 1 fully saturated rings. The maximum atomic E-state index is 14.2. The number of allylic oxidation sites excluding steroid dienone is 2. The van der Waals surface area contributed by atoms with Crippen molar-refractivity contribution in [2.24, 2.45) is 5.41 Å². The highest BCUT2D eigenvalue weighted by molar-refractivity contribution is 6.13. The van der Waals surface area contributed by atoms with Gasteiger partial charge in [-0.3, -0.25) is 33.6 Å². The number of hydrogen-bond donors (Lipinski definition) is 6. The highest BCUT2D eigenvalue weighted by atomic mass is 16.2. The Morgan fingerprint density at radius 1 is 0.393 bits per heavy atom. The van der Waals surface area contributed by atoms with Gasteiger partial charge in [0.1, 0.15) is 6.04 Å². The van der Waals surface area contributed by atoms with Crippen LogP contribution in [-0.4, -0.2) is 61.7 Å². The van der Waals surface area contributed by atoms with Crippen LogP contribution in [0.4, 0.5) is 39.8 Å². The Balaban J connectivity index is 0.000000142. The zero-order valence-corrected chi connectivity index (χ0v) is 59.8. The fourth-order valence-electron chi connectivity index (χ4n) is 14.6. The fraction of sp³-hybridized carbons (Fsp3) is 0.122. The lowest BCUT2D eigenvalue weighted by atomic mass is 9.80. The molecule has 2 aromatic heterocycles. The van der Waals surface area contributed by atoms with Crippen LogP contribution in [0.1, 0.15) is 92.2 Å². The lowest BCUT2D eigenvalue weighted by Crippen LogP contribution is -2.54. The Morgan fingerprint density at radius 2 is 0.729 bits per heavy atom. The number of aromatic nitrogens is 2. The van der Waals surface area contributed by atoms with Gasteiger partial charge in [0.15, 0.2) is 5.43 Å². The van der Waals surface area contributed by atoms with Crippen molar-refractivity contribution < 1.29 is 24.0 Å². The number of hydrogen-bond acceptors (Lipinski definition) is 10. The molecule has 13 aromatic rings. The summed E-state index contributed by atoms with van der Waals surface area (Å²) in [6.07, 6.45) is 0.720. The summed E-state index contributed by atoms with van der Waals surface area (Å²) in [5.41, 5.74) is 30.3. The summed E-state index contributed by atoms with van der Waals surface area (Å²) < 4.78 is 3.88. The third-order valence-electron chi connectivity index (χ3n) is 19.8. The van der Waals surface area contributed by atoms with Gasteiger partial charge in [-0.15, -0.1) is 0 Å². The first-order chi connectivity index (χ1) is 51.5. The molecule has 5 amide bonds. The topological polar surface area (TPSA) is 250 Å². The standard InChI is InChI=1S/C32H34N4O3.2C29H23N3O2/c1-20(21-14-16-22(17-15-21)28(37)34-25-12-8-7-11-24(25)33)18-35-26-13-9-6-10-23(26)29(38)36-27(30(35)39)31(2,3)19-32(36,4)5;1-19(20-14-16-21(17-15-20)29(34)31-25-11-5-4-10-24(25)30)18-32-26-12-6-2-8-22(26)28(33)23-9-3-7-13-27(23)32;1-19(20-14-16-21(17-15-20)28(33)31-26-12-6-5-11-25(26)30)18-32-27-13-7-4-9-23(27)22-8-2-3-10-24(22)29(32)34/h6-17,27H,1,18-19,33H2,2-5H3,(H,34,37);2-17H,1,18,30H2,(H,31,34);2-17H,1,18,30H2,(H,31,33)/t27-;;/m1../s1. The third-order valence-corrected chi connectivity index (χ3v) is 19.8. The van der Waals surface area contributed by atoms with Crippen molar-refractivity contribution in [3.05, 3.63) is 346 Å². The van der Waals surface area contributed by atoms with Crippen molar-refractivity contribution in [1.82, 2.24) is 14.0 Å². The number of carbonyl (C=O) groups excluding carboxylic acids is 5. The van der Waals surface area contributed by atoms with E-state index in [-0.39, 0.29) is 47.1 Å². The molecule has 0 unspecified atom stereocenters. The van der Waals surface area contributed by atoms with Gasteiger partial charge in [-0.2, -0.15) is 0 Å². The molecule has 2 aliphatic heterocycles.